The SMILES string of the molecule is COc1ncc2cc(OCc3cccnc3)ccc2n1. The van der Waals surface area contributed by atoms with Gasteiger partial charge in [-0.1, -0.05) is 6.07 Å². The van der Waals surface area contributed by atoms with E-state index < -0.39 is 0 Å². The minimum atomic E-state index is 0.363. The van der Waals surface area contributed by atoms with Gasteiger partial charge in [-0.3, -0.25) is 4.98 Å². The van der Waals surface area contributed by atoms with E-state index in [2.05, 4.69) is 15.0 Å². The van der Waals surface area contributed by atoms with Crippen molar-refractivity contribution < 1.29 is 9.47 Å². The lowest BCUT2D eigenvalue weighted by Crippen LogP contribution is -1.96. The molecule has 0 saturated carbocycles. The molecule has 20 heavy (non-hydrogen) atoms. The van der Waals surface area contributed by atoms with Crippen molar-refractivity contribution in [2.45, 2.75) is 6.61 Å². The molecule has 2 heterocycles. The highest BCUT2D eigenvalue weighted by molar-refractivity contribution is 5.79. The van der Waals surface area contributed by atoms with Crippen molar-refractivity contribution in [2.24, 2.45) is 0 Å². The van der Waals surface area contributed by atoms with Gasteiger partial charge in [-0.15, -0.1) is 0 Å². The Morgan fingerprint density at radius 1 is 1.15 bits per heavy atom. The molecule has 5 nitrogen and oxygen atoms in total. The van der Waals surface area contributed by atoms with Crippen LogP contribution in [0.4, 0.5) is 0 Å². The van der Waals surface area contributed by atoms with Gasteiger partial charge in [-0.05, 0) is 24.3 Å². The topological polar surface area (TPSA) is 57.1 Å². The molecule has 2 aromatic heterocycles. The zero-order chi connectivity index (χ0) is 13.8. The van der Waals surface area contributed by atoms with E-state index in [0.29, 0.717) is 12.6 Å². The average Bonchev–Trinajstić information content (AvgIpc) is 2.53. The summed E-state index contributed by atoms with van der Waals surface area (Å²) in [6.45, 7) is 0.482. The molecule has 0 bridgehead atoms. The van der Waals surface area contributed by atoms with Gasteiger partial charge in [0.2, 0.25) is 0 Å². The van der Waals surface area contributed by atoms with Crippen molar-refractivity contribution in [2.75, 3.05) is 7.11 Å². The van der Waals surface area contributed by atoms with Crippen LogP contribution in [-0.4, -0.2) is 22.1 Å². The summed E-state index contributed by atoms with van der Waals surface area (Å²) < 4.78 is 10.7. The van der Waals surface area contributed by atoms with Gasteiger partial charge in [0, 0.05) is 29.5 Å². The van der Waals surface area contributed by atoms with Crippen molar-refractivity contribution in [1.82, 2.24) is 15.0 Å². The highest BCUT2D eigenvalue weighted by atomic mass is 16.5. The van der Waals surface area contributed by atoms with Crippen LogP contribution in [0, 0.1) is 0 Å². The number of methoxy groups -OCH3 is 1. The van der Waals surface area contributed by atoms with Crippen LogP contribution >= 0.6 is 0 Å². The lowest BCUT2D eigenvalue weighted by Gasteiger charge is -2.07. The monoisotopic (exact) mass is 267 g/mol. The molecule has 0 radical (unpaired) electrons. The zero-order valence-electron chi connectivity index (χ0n) is 11.0. The van der Waals surface area contributed by atoms with Crippen LogP contribution in [0.5, 0.6) is 11.8 Å². The molecule has 0 amide bonds. The Balaban J connectivity index is 1.79. The quantitative estimate of drug-likeness (QED) is 0.727. The Labute approximate surface area is 116 Å². The number of fused-ring (bicyclic) bond motifs is 1. The van der Waals surface area contributed by atoms with Gasteiger partial charge in [0.15, 0.2) is 0 Å². The maximum atomic E-state index is 5.73. The maximum Gasteiger partial charge on any atom is 0.316 e. The summed E-state index contributed by atoms with van der Waals surface area (Å²) in [5, 5.41) is 0.912. The van der Waals surface area contributed by atoms with Crippen LogP contribution in [0.1, 0.15) is 5.56 Å². The third-order valence-corrected chi connectivity index (χ3v) is 2.84. The Morgan fingerprint density at radius 2 is 2.10 bits per heavy atom. The second kappa shape index (κ2) is 5.52. The first-order valence-corrected chi connectivity index (χ1v) is 6.17. The minimum absolute atomic E-state index is 0.363. The van der Waals surface area contributed by atoms with Gasteiger partial charge in [0.05, 0.1) is 12.6 Å². The van der Waals surface area contributed by atoms with E-state index in [4.69, 9.17) is 9.47 Å². The summed E-state index contributed by atoms with van der Waals surface area (Å²) in [5.74, 6) is 0.773. The van der Waals surface area contributed by atoms with Crippen LogP contribution in [0.3, 0.4) is 0 Å². The normalized spacial score (nSPS) is 10.4. The minimum Gasteiger partial charge on any atom is -0.489 e. The summed E-state index contributed by atoms with van der Waals surface area (Å²) in [7, 11) is 1.55. The van der Waals surface area contributed by atoms with E-state index >= 15 is 0 Å². The lowest BCUT2D eigenvalue weighted by molar-refractivity contribution is 0.306. The lowest BCUT2D eigenvalue weighted by atomic mass is 10.2. The Hall–Kier alpha value is -2.69. The highest BCUT2D eigenvalue weighted by Crippen LogP contribution is 2.21. The summed E-state index contributed by atoms with van der Waals surface area (Å²) in [4.78, 5) is 12.4. The molecular weight excluding hydrogens is 254 g/mol. The van der Waals surface area contributed by atoms with Crippen LogP contribution in [0.25, 0.3) is 10.9 Å². The largest absolute Gasteiger partial charge is 0.489 e. The summed E-state index contributed by atoms with van der Waals surface area (Å²) >= 11 is 0. The standard InChI is InChI=1S/C15H13N3O2/c1-19-15-17-9-12-7-13(4-5-14(12)18-15)20-10-11-3-2-6-16-8-11/h2-9H,10H2,1H3. The van der Waals surface area contributed by atoms with E-state index in [1.165, 1.54) is 0 Å². The van der Waals surface area contributed by atoms with Gasteiger partial charge >= 0.3 is 6.01 Å². The van der Waals surface area contributed by atoms with Gasteiger partial charge in [0.1, 0.15) is 12.4 Å². The number of ether oxygens (including phenoxy) is 2. The highest BCUT2D eigenvalue weighted by Gasteiger charge is 2.02. The number of aromatic nitrogens is 3. The van der Waals surface area contributed by atoms with Crippen molar-refractivity contribution in [3.05, 3.63) is 54.5 Å². The molecule has 0 aliphatic carbocycles. The average molecular weight is 267 g/mol. The smallest absolute Gasteiger partial charge is 0.316 e. The molecule has 0 atom stereocenters. The van der Waals surface area contributed by atoms with E-state index in [0.717, 1.165) is 22.2 Å². The molecule has 100 valence electrons. The predicted molar refractivity (Wildman–Crippen MR) is 74.7 cm³/mol. The van der Waals surface area contributed by atoms with E-state index in [1.54, 1.807) is 25.7 Å². The second-order valence-electron chi connectivity index (χ2n) is 4.23. The zero-order valence-corrected chi connectivity index (χ0v) is 11.0. The first kappa shape index (κ1) is 12.3. The molecule has 0 N–H and O–H groups in total. The van der Waals surface area contributed by atoms with E-state index in [9.17, 15) is 0 Å². The second-order valence-corrected chi connectivity index (χ2v) is 4.23. The van der Waals surface area contributed by atoms with Crippen molar-refractivity contribution in [3.63, 3.8) is 0 Å². The molecule has 3 aromatic rings. The number of hydrogen-bond acceptors (Lipinski definition) is 5. The fourth-order valence-electron chi connectivity index (χ4n) is 1.83. The number of benzene rings is 1. The third-order valence-electron chi connectivity index (χ3n) is 2.84. The van der Waals surface area contributed by atoms with Crippen LogP contribution < -0.4 is 9.47 Å². The predicted octanol–water partition coefficient (Wildman–Crippen LogP) is 2.61. The maximum absolute atomic E-state index is 5.73. The fourth-order valence-corrected chi connectivity index (χ4v) is 1.83. The molecule has 0 aliphatic rings. The van der Waals surface area contributed by atoms with Gasteiger partial charge in [-0.25, -0.2) is 4.98 Å². The number of rotatable bonds is 4. The number of nitrogens with zero attached hydrogens (tertiary/aromatic N) is 3. The molecule has 0 unspecified atom stereocenters. The van der Waals surface area contributed by atoms with Crippen molar-refractivity contribution in [3.8, 4) is 11.8 Å². The first-order valence-electron chi connectivity index (χ1n) is 6.17. The first-order chi connectivity index (χ1) is 9.85. The third kappa shape index (κ3) is 2.66. The van der Waals surface area contributed by atoms with Crippen molar-refractivity contribution >= 4 is 10.9 Å². The van der Waals surface area contributed by atoms with E-state index in [1.807, 2.05) is 30.3 Å². The number of hydrogen-bond donors (Lipinski definition) is 0. The summed E-state index contributed by atoms with van der Waals surface area (Å²) in [6.07, 6.45) is 5.25. The molecule has 0 saturated heterocycles. The summed E-state index contributed by atoms with van der Waals surface area (Å²) in [6, 6.07) is 9.90. The van der Waals surface area contributed by atoms with Gasteiger partial charge < -0.3 is 9.47 Å². The molecule has 0 aliphatic heterocycles. The van der Waals surface area contributed by atoms with E-state index in [-0.39, 0.29) is 0 Å². The van der Waals surface area contributed by atoms with Crippen LogP contribution in [0.2, 0.25) is 0 Å². The Kier molecular flexibility index (Phi) is 3.41. The Bertz CT molecular complexity index is 717. The number of pyridine rings is 1. The summed E-state index contributed by atoms with van der Waals surface area (Å²) in [5.41, 5.74) is 1.85. The van der Waals surface area contributed by atoms with Gasteiger partial charge in [-0.2, -0.15) is 4.98 Å². The molecule has 0 fully saturated rings. The van der Waals surface area contributed by atoms with Crippen LogP contribution in [-0.2, 0) is 6.61 Å². The van der Waals surface area contributed by atoms with Gasteiger partial charge in [0.25, 0.3) is 0 Å². The Morgan fingerprint density at radius 3 is 2.90 bits per heavy atom. The molecule has 3 rings (SSSR count). The molecular formula is C15H13N3O2. The van der Waals surface area contributed by atoms with Crippen LogP contribution in [0.15, 0.2) is 48.9 Å². The molecule has 5 heteroatoms. The van der Waals surface area contributed by atoms with Crippen molar-refractivity contribution in [1.29, 1.82) is 0 Å². The molecule has 0 spiro atoms. The molecule has 1 aromatic carbocycles. The fraction of sp³-hybridized carbons (Fsp3) is 0.133.